The molecular weight excluding hydrogens is 334 g/mol. The van der Waals surface area contributed by atoms with Crippen LogP contribution in [0.2, 0.25) is 0 Å². The molecule has 4 atom stereocenters. The van der Waals surface area contributed by atoms with Gasteiger partial charge in [-0.1, -0.05) is 61.7 Å². The van der Waals surface area contributed by atoms with Crippen LogP contribution in [0.5, 0.6) is 0 Å². The molecule has 0 spiro atoms. The number of likely N-dealkylation sites (tertiary alicyclic amines) is 1. The molecule has 0 N–H and O–H groups in total. The van der Waals surface area contributed by atoms with Gasteiger partial charge in [0, 0.05) is 17.4 Å². The van der Waals surface area contributed by atoms with Gasteiger partial charge in [0.15, 0.2) is 0 Å². The van der Waals surface area contributed by atoms with Crippen LogP contribution >= 0.6 is 0 Å². The molecule has 3 heteroatoms. The Balaban J connectivity index is 1.38. The predicted molar refractivity (Wildman–Crippen MR) is 107 cm³/mol. The fourth-order valence-corrected chi connectivity index (χ4v) is 6.22. The van der Waals surface area contributed by atoms with Gasteiger partial charge in [-0.05, 0) is 45.1 Å². The van der Waals surface area contributed by atoms with E-state index in [-0.39, 0.29) is 34.5 Å². The van der Waals surface area contributed by atoms with E-state index in [9.17, 15) is 9.59 Å². The van der Waals surface area contributed by atoms with E-state index in [1.807, 2.05) is 6.07 Å². The second-order valence-corrected chi connectivity index (χ2v) is 9.34. The molecule has 0 radical (unpaired) electrons. The molecule has 3 nitrogen and oxygen atoms in total. The molecule has 1 saturated heterocycles. The van der Waals surface area contributed by atoms with E-state index < -0.39 is 0 Å². The second kappa shape index (κ2) is 6.32. The summed E-state index contributed by atoms with van der Waals surface area (Å²) in [6.07, 6.45) is 5.07. The largest absolute Gasteiger partial charge is 0.282 e. The summed E-state index contributed by atoms with van der Waals surface area (Å²) in [7, 11) is 0. The number of amides is 2. The van der Waals surface area contributed by atoms with Crippen LogP contribution < -0.4 is 0 Å². The van der Waals surface area contributed by atoms with E-state index in [1.165, 1.54) is 16.7 Å². The smallest absolute Gasteiger partial charge is 0.234 e. The zero-order valence-corrected chi connectivity index (χ0v) is 17.0. The van der Waals surface area contributed by atoms with Crippen molar-refractivity contribution in [2.24, 2.45) is 22.7 Å². The van der Waals surface area contributed by atoms with Crippen molar-refractivity contribution in [3.05, 3.63) is 47.0 Å². The number of hydrogen-bond donors (Lipinski definition) is 0. The number of imide groups is 1. The maximum atomic E-state index is 13.2. The van der Waals surface area contributed by atoms with Crippen molar-refractivity contribution >= 4 is 11.8 Å². The first-order valence-corrected chi connectivity index (χ1v) is 10.4. The summed E-state index contributed by atoms with van der Waals surface area (Å²) in [5, 5.41) is 0. The second-order valence-electron chi connectivity index (χ2n) is 9.34. The highest BCUT2D eigenvalue weighted by atomic mass is 16.2. The lowest BCUT2D eigenvalue weighted by atomic mass is 9.66. The Kier molecular flexibility index (Phi) is 4.32. The highest BCUT2D eigenvalue weighted by Gasteiger charge is 2.71. The van der Waals surface area contributed by atoms with E-state index in [4.69, 9.17) is 0 Å². The third-order valence-corrected chi connectivity index (χ3v) is 7.97. The number of unbranched alkanes of at least 4 members (excludes halogenated alkanes) is 2. The van der Waals surface area contributed by atoms with Crippen LogP contribution in [-0.2, 0) is 16.0 Å². The van der Waals surface area contributed by atoms with Crippen molar-refractivity contribution in [1.29, 1.82) is 0 Å². The first-order valence-electron chi connectivity index (χ1n) is 10.4. The third kappa shape index (κ3) is 2.54. The van der Waals surface area contributed by atoms with Crippen LogP contribution in [0.4, 0.5) is 0 Å². The lowest BCUT2D eigenvalue weighted by molar-refractivity contribution is -0.141. The SMILES string of the molecule is CC1=C(C)C2(C)CC1(C)C1C(=O)N(CCCCCc3ccccc3)C(=O)C12. The molecule has 3 aliphatic rings. The number of hydrogen-bond acceptors (Lipinski definition) is 2. The Morgan fingerprint density at radius 2 is 1.44 bits per heavy atom. The van der Waals surface area contributed by atoms with E-state index >= 15 is 0 Å². The molecule has 2 aliphatic carbocycles. The minimum Gasteiger partial charge on any atom is -0.282 e. The van der Waals surface area contributed by atoms with Gasteiger partial charge in [-0.15, -0.1) is 0 Å². The lowest BCUT2D eigenvalue weighted by Crippen LogP contribution is -2.36. The van der Waals surface area contributed by atoms with Crippen LogP contribution in [0.3, 0.4) is 0 Å². The van der Waals surface area contributed by atoms with Gasteiger partial charge in [0.05, 0.1) is 11.8 Å². The van der Waals surface area contributed by atoms with Gasteiger partial charge >= 0.3 is 0 Å². The molecule has 27 heavy (non-hydrogen) atoms. The number of nitrogens with zero attached hydrogens (tertiary/aromatic N) is 1. The third-order valence-electron chi connectivity index (χ3n) is 7.97. The summed E-state index contributed by atoms with van der Waals surface area (Å²) in [6.45, 7) is 9.33. The number of fused-ring (bicyclic) bond motifs is 5. The molecule has 144 valence electrons. The summed E-state index contributed by atoms with van der Waals surface area (Å²) in [5.74, 6) is -0.0942. The highest BCUT2D eigenvalue weighted by Crippen LogP contribution is 2.71. The number of carbonyl (C=O) groups is 2. The number of allylic oxidation sites excluding steroid dienone is 2. The van der Waals surface area contributed by atoms with Crippen LogP contribution in [0.15, 0.2) is 41.5 Å². The average Bonchev–Trinajstić information content (AvgIpc) is 3.13. The summed E-state index contributed by atoms with van der Waals surface area (Å²) in [6, 6.07) is 10.5. The average molecular weight is 366 g/mol. The van der Waals surface area contributed by atoms with Gasteiger partial charge in [-0.3, -0.25) is 14.5 Å². The van der Waals surface area contributed by atoms with Crippen LogP contribution in [-0.4, -0.2) is 23.3 Å². The van der Waals surface area contributed by atoms with Gasteiger partial charge in [0.2, 0.25) is 11.8 Å². The predicted octanol–water partition coefficient (Wildman–Crippen LogP) is 4.77. The topological polar surface area (TPSA) is 37.4 Å². The molecule has 1 heterocycles. The number of benzene rings is 1. The van der Waals surface area contributed by atoms with Crippen molar-refractivity contribution in [3.63, 3.8) is 0 Å². The molecule has 2 fully saturated rings. The lowest BCUT2D eigenvalue weighted by Gasteiger charge is -2.34. The summed E-state index contributed by atoms with van der Waals surface area (Å²) < 4.78 is 0. The van der Waals surface area contributed by atoms with E-state index in [2.05, 4.69) is 52.0 Å². The minimum atomic E-state index is -0.136. The van der Waals surface area contributed by atoms with Crippen molar-refractivity contribution in [2.45, 2.75) is 59.8 Å². The maximum Gasteiger partial charge on any atom is 0.234 e. The van der Waals surface area contributed by atoms with Crippen molar-refractivity contribution in [2.75, 3.05) is 6.54 Å². The summed E-state index contributed by atoms with van der Waals surface area (Å²) >= 11 is 0. The zero-order valence-electron chi connectivity index (χ0n) is 17.0. The molecule has 4 rings (SSSR count). The highest BCUT2D eigenvalue weighted by molar-refractivity contribution is 6.07. The Hall–Kier alpha value is -1.90. The fourth-order valence-electron chi connectivity index (χ4n) is 6.22. The first kappa shape index (κ1) is 18.5. The van der Waals surface area contributed by atoms with Gasteiger partial charge in [-0.2, -0.15) is 0 Å². The van der Waals surface area contributed by atoms with Crippen molar-refractivity contribution < 1.29 is 9.59 Å². The summed E-state index contributed by atoms with van der Waals surface area (Å²) in [4.78, 5) is 27.9. The van der Waals surface area contributed by atoms with E-state index in [0.717, 1.165) is 32.1 Å². The van der Waals surface area contributed by atoms with Crippen LogP contribution in [0.25, 0.3) is 0 Å². The van der Waals surface area contributed by atoms with E-state index in [0.29, 0.717) is 6.54 Å². The number of rotatable bonds is 6. The molecular formula is C24H31NO2. The molecule has 1 aromatic carbocycles. The standard InChI is InChI=1S/C24H31NO2/c1-16-17(2)24(4)15-23(16,3)19-20(24)22(27)25(21(19)26)14-10-6-9-13-18-11-7-5-8-12-18/h5,7-8,11-12,19-20H,6,9-10,13-15H2,1-4H3. The normalized spacial score (nSPS) is 34.7. The van der Waals surface area contributed by atoms with Crippen LogP contribution in [0.1, 0.15) is 58.9 Å². The number of aryl methyl sites for hydroxylation is 1. The monoisotopic (exact) mass is 365 g/mol. The Morgan fingerprint density at radius 1 is 0.889 bits per heavy atom. The molecule has 2 amide bonds. The van der Waals surface area contributed by atoms with Gasteiger partial charge in [-0.25, -0.2) is 0 Å². The zero-order chi connectivity index (χ0) is 19.4. The first-order chi connectivity index (χ1) is 12.8. The fraction of sp³-hybridized carbons (Fsp3) is 0.583. The van der Waals surface area contributed by atoms with Gasteiger partial charge < -0.3 is 0 Å². The Labute approximate surface area is 162 Å². The Morgan fingerprint density at radius 3 is 2.00 bits per heavy atom. The number of carbonyl (C=O) groups excluding carboxylic acids is 2. The van der Waals surface area contributed by atoms with Crippen molar-refractivity contribution in [3.8, 4) is 0 Å². The molecule has 2 bridgehead atoms. The molecule has 0 aromatic heterocycles. The van der Waals surface area contributed by atoms with Gasteiger partial charge in [0.25, 0.3) is 0 Å². The van der Waals surface area contributed by atoms with Gasteiger partial charge in [0.1, 0.15) is 0 Å². The molecule has 4 unspecified atom stereocenters. The quantitative estimate of drug-likeness (QED) is 0.414. The molecule has 1 aliphatic heterocycles. The Bertz CT molecular complexity index is 769. The molecule has 1 aromatic rings. The van der Waals surface area contributed by atoms with E-state index in [1.54, 1.807) is 4.90 Å². The van der Waals surface area contributed by atoms with Crippen molar-refractivity contribution in [1.82, 2.24) is 4.90 Å². The maximum absolute atomic E-state index is 13.2. The minimum absolute atomic E-state index is 0.0890. The summed E-state index contributed by atoms with van der Waals surface area (Å²) in [5.41, 5.74) is 3.79. The van der Waals surface area contributed by atoms with Crippen LogP contribution in [0, 0.1) is 22.7 Å². The molecule has 1 saturated carbocycles.